The van der Waals surface area contributed by atoms with Crippen molar-refractivity contribution >= 4 is 5.91 Å². The lowest BCUT2D eigenvalue weighted by atomic mass is 10.0. The number of aromatic nitrogens is 1. The topological polar surface area (TPSA) is 34.4 Å². The normalized spacial score (nSPS) is 12.2. The number of pyridine rings is 1. The average molecular weight is 282 g/mol. The van der Waals surface area contributed by atoms with Crippen molar-refractivity contribution in [3.8, 4) is 0 Å². The number of hydrogen-bond donors (Lipinski definition) is 0. The molecule has 0 N–H and O–H groups in total. The Morgan fingerprint density at radius 2 is 1.67 bits per heavy atom. The van der Waals surface area contributed by atoms with Gasteiger partial charge in [0.15, 0.2) is 0 Å². The molecule has 0 aliphatic heterocycles. The van der Waals surface area contributed by atoms with Crippen molar-refractivity contribution in [3.63, 3.8) is 0 Å². The van der Waals surface area contributed by atoms with Crippen molar-refractivity contribution in [2.75, 3.05) is 0 Å². The summed E-state index contributed by atoms with van der Waals surface area (Å²) < 4.78 is 1.60. The lowest BCUT2D eigenvalue weighted by Crippen LogP contribution is -2.28. The van der Waals surface area contributed by atoms with Crippen LogP contribution in [0.5, 0.6) is 0 Å². The standard InChI is InChI=1S/C18H22N2O/c1-13(2)15-8-10-16(11-9-15)18(21)20-12-6-5-7-17(20)19-14(3)4/h5-14H,1-4H3. The predicted octanol–water partition coefficient (Wildman–Crippen LogP) is 3.61. The van der Waals surface area contributed by atoms with Crippen molar-refractivity contribution in [3.05, 3.63) is 65.3 Å². The molecule has 1 heterocycles. The Hall–Kier alpha value is -2.16. The van der Waals surface area contributed by atoms with Gasteiger partial charge in [-0.15, -0.1) is 0 Å². The predicted molar refractivity (Wildman–Crippen MR) is 85.4 cm³/mol. The van der Waals surface area contributed by atoms with Gasteiger partial charge in [0.1, 0.15) is 5.49 Å². The molecule has 2 rings (SSSR count). The maximum Gasteiger partial charge on any atom is 0.263 e. The van der Waals surface area contributed by atoms with E-state index in [9.17, 15) is 4.79 Å². The van der Waals surface area contributed by atoms with Gasteiger partial charge in [-0.3, -0.25) is 14.4 Å². The Balaban J connectivity index is 2.41. The Labute approximate surface area is 126 Å². The van der Waals surface area contributed by atoms with Crippen LogP contribution >= 0.6 is 0 Å². The lowest BCUT2D eigenvalue weighted by Gasteiger charge is -2.09. The zero-order valence-electron chi connectivity index (χ0n) is 13.1. The second-order valence-electron chi connectivity index (χ2n) is 5.73. The minimum Gasteiger partial charge on any atom is -0.268 e. The molecule has 0 bridgehead atoms. The molecule has 0 spiro atoms. The summed E-state index contributed by atoms with van der Waals surface area (Å²) >= 11 is 0. The number of carbonyl (C=O) groups excluding carboxylic acids is 1. The monoisotopic (exact) mass is 282 g/mol. The smallest absolute Gasteiger partial charge is 0.263 e. The molecule has 0 amide bonds. The molecule has 1 aromatic heterocycles. The fraction of sp³-hybridized carbons (Fsp3) is 0.333. The highest BCUT2D eigenvalue weighted by molar-refractivity contribution is 5.95. The molecule has 0 unspecified atom stereocenters. The summed E-state index contributed by atoms with van der Waals surface area (Å²) in [6, 6.07) is 13.6. The number of hydrogen-bond acceptors (Lipinski definition) is 2. The molecular formula is C18H22N2O. The molecule has 0 aliphatic rings. The van der Waals surface area contributed by atoms with Crippen molar-refractivity contribution in [1.82, 2.24) is 4.57 Å². The molecule has 1 aromatic carbocycles. The van der Waals surface area contributed by atoms with Crippen LogP contribution in [0.3, 0.4) is 0 Å². The third-order valence-electron chi connectivity index (χ3n) is 3.27. The zero-order valence-corrected chi connectivity index (χ0v) is 13.1. The third kappa shape index (κ3) is 3.69. The molecular weight excluding hydrogens is 260 g/mol. The van der Waals surface area contributed by atoms with Crippen LogP contribution in [0.2, 0.25) is 0 Å². The van der Waals surface area contributed by atoms with E-state index in [1.54, 1.807) is 10.8 Å². The molecule has 2 aromatic rings. The first-order chi connectivity index (χ1) is 9.99. The van der Waals surface area contributed by atoms with Crippen molar-refractivity contribution in [2.24, 2.45) is 4.99 Å². The Bertz CT molecular complexity index is 679. The van der Waals surface area contributed by atoms with Crippen molar-refractivity contribution in [2.45, 2.75) is 39.7 Å². The lowest BCUT2D eigenvalue weighted by molar-refractivity contribution is 0.0954. The number of rotatable bonds is 3. The van der Waals surface area contributed by atoms with Gasteiger partial charge >= 0.3 is 0 Å². The van der Waals surface area contributed by atoms with Crippen LogP contribution in [-0.4, -0.2) is 16.5 Å². The second-order valence-corrected chi connectivity index (χ2v) is 5.73. The molecule has 0 radical (unpaired) electrons. The van der Waals surface area contributed by atoms with Crippen LogP contribution in [0, 0.1) is 0 Å². The first-order valence-corrected chi connectivity index (χ1v) is 7.35. The molecule has 3 nitrogen and oxygen atoms in total. The molecule has 0 aliphatic carbocycles. The van der Waals surface area contributed by atoms with E-state index in [2.05, 4.69) is 18.8 Å². The molecule has 0 atom stereocenters. The van der Waals surface area contributed by atoms with Gasteiger partial charge in [0.05, 0.1) is 0 Å². The summed E-state index contributed by atoms with van der Waals surface area (Å²) in [5, 5.41) is 0. The van der Waals surface area contributed by atoms with Gasteiger partial charge in [-0.1, -0.05) is 32.0 Å². The van der Waals surface area contributed by atoms with E-state index in [4.69, 9.17) is 0 Å². The van der Waals surface area contributed by atoms with Gasteiger partial charge in [-0.25, -0.2) is 0 Å². The molecule has 21 heavy (non-hydrogen) atoms. The highest BCUT2D eigenvalue weighted by atomic mass is 16.2. The van der Waals surface area contributed by atoms with Gasteiger partial charge in [0.25, 0.3) is 5.91 Å². The van der Waals surface area contributed by atoms with Crippen LogP contribution < -0.4 is 5.49 Å². The number of benzene rings is 1. The largest absolute Gasteiger partial charge is 0.268 e. The van der Waals surface area contributed by atoms with E-state index in [1.807, 2.05) is 56.3 Å². The van der Waals surface area contributed by atoms with Gasteiger partial charge in [0, 0.05) is 17.8 Å². The van der Waals surface area contributed by atoms with Crippen LogP contribution in [0.15, 0.2) is 53.7 Å². The van der Waals surface area contributed by atoms with E-state index < -0.39 is 0 Å². The van der Waals surface area contributed by atoms with Gasteiger partial charge in [-0.05, 0) is 49.6 Å². The zero-order chi connectivity index (χ0) is 15.4. The molecule has 3 heteroatoms. The molecule has 0 saturated carbocycles. The van der Waals surface area contributed by atoms with Gasteiger partial charge < -0.3 is 0 Å². The van der Waals surface area contributed by atoms with E-state index in [-0.39, 0.29) is 11.9 Å². The van der Waals surface area contributed by atoms with E-state index in [1.165, 1.54) is 5.56 Å². The van der Waals surface area contributed by atoms with Gasteiger partial charge in [0.2, 0.25) is 0 Å². The van der Waals surface area contributed by atoms with Crippen LogP contribution in [-0.2, 0) is 0 Å². The SMILES string of the molecule is CC(C)N=c1ccccn1C(=O)c1ccc(C(C)C)cc1. The van der Waals surface area contributed by atoms with Crippen LogP contribution in [0.4, 0.5) is 0 Å². The number of nitrogens with zero attached hydrogens (tertiary/aromatic N) is 2. The Morgan fingerprint density at radius 3 is 2.24 bits per heavy atom. The minimum absolute atomic E-state index is 0.0506. The summed E-state index contributed by atoms with van der Waals surface area (Å²) in [6.07, 6.45) is 1.76. The minimum atomic E-state index is -0.0506. The average Bonchev–Trinajstić information content (AvgIpc) is 2.46. The fourth-order valence-corrected chi connectivity index (χ4v) is 2.13. The fourth-order valence-electron chi connectivity index (χ4n) is 2.13. The van der Waals surface area contributed by atoms with Gasteiger partial charge in [-0.2, -0.15) is 0 Å². The highest BCUT2D eigenvalue weighted by Crippen LogP contribution is 2.15. The Kier molecular flexibility index (Phi) is 4.73. The van der Waals surface area contributed by atoms with E-state index in [0.29, 0.717) is 17.0 Å². The summed E-state index contributed by atoms with van der Waals surface area (Å²) in [5.74, 6) is 0.412. The summed E-state index contributed by atoms with van der Waals surface area (Å²) in [6.45, 7) is 8.28. The first kappa shape index (κ1) is 15.2. The van der Waals surface area contributed by atoms with Crippen LogP contribution in [0.25, 0.3) is 0 Å². The summed E-state index contributed by atoms with van der Waals surface area (Å²) in [7, 11) is 0. The number of carbonyl (C=O) groups is 1. The first-order valence-electron chi connectivity index (χ1n) is 7.35. The molecule has 0 saturated heterocycles. The molecule has 110 valence electrons. The van der Waals surface area contributed by atoms with Crippen molar-refractivity contribution in [1.29, 1.82) is 0 Å². The van der Waals surface area contributed by atoms with E-state index >= 15 is 0 Å². The van der Waals surface area contributed by atoms with Crippen LogP contribution in [0.1, 0.15) is 49.5 Å². The molecule has 0 fully saturated rings. The maximum absolute atomic E-state index is 12.6. The maximum atomic E-state index is 12.6. The summed E-state index contributed by atoms with van der Waals surface area (Å²) in [5.41, 5.74) is 2.60. The second kappa shape index (κ2) is 6.53. The van der Waals surface area contributed by atoms with Crippen molar-refractivity contribution < 1.29 is 4.79 Å². The van der Waals surface area contributed by atoms with E-state index in [0.717, 1.165) is 0 Å². The Morgan fingerprint density at radius 1 is 1.00 bits per heavy atom. The highest BCUT2D eigenvalue weighted by Gasteiger charge is 2.09. The quantitative estimate of drug-likeness (QED) is 0.846. The third-order valence-corrected chi connectivity index (χ3v) is 3.27. The summed E-state index contributed by atoms with van der Waals surface area (Å²) in [4.78, 5) is 17.1.